The van der Waals surface area contributed by atoms with E-state index in [0.29, 0.717) is 11.7 Å². The van der Waals surface area contributed by atoms with Gasteiger partial charge in [0.25, 0.3) is 0 Å². The number of nitrogens with zero attached hydrogens (tertiary/aromatic N) is 3. The first kappa shape index (κ1) is 13.9. The first-order valence-corrected chi connectivity index (χ1v) is 6.75. The van der Waals surface area contributed by atoms with Gasteiger partial charge in [0.2, 0.25) is 0 Å². The van der Waals surface area contributed by atoms with Crippen LogP contribution in [0.5, 0.6) is 0 Å². The number of likely N-dealkylation sites (tertiary alicyclic amines) is 1. The Bertz CT molecular complexity index is 456. The maximum atomic E-state index is 12.1. The zero-order chi connectivity index (χ0) is 13.8. The van der Waals surface area contributed by atoms with Gasteiger partial charge in [0.05, 0.1) is 0 Å². The lowest BCUT2D eigenvalue weighted by molar-refractivity contribution is 0.141. The minimum Gasteiger partial charge on any atom is -0.321 e. The van der Waals surface area contributed by atoms with E-state index in [2.05, 4.69) is 34.7 Å². The van der Waals surface area contributed by atoms with E-state index in [1.165, 1.54) is 12.4 Å². The summed E-state index contributed by atoms with van der Waals surface area (Å²) in [5.41, 5.74) is 5.30. The van der Waals surface area contributed by atoms with Crippen LogP contribution in [0.3, 0.4) is 0 Å². The third-order valence-electron chi connectivity index (χ3n) is 3.34. The summed E-state index contributed by atoms with van der Waals surface area (Å²) in [6.45, 7) is 5.04. The van der Waals surface area contributed by atoms with Crippen LogP contribution in [0.15, 0.2) is 12.4 Å². The van der Waals surface area contributed by atoms with Gasteiger partial charge < -0.3 is 4.90 Å². The highest BCUT2D eigenvalue weighted by Crippen LogP contribution is 2.22. The normalized spacial score (nSPS) is 23.0. The van der Waals surface area contributed by atoms with E-state index in [1.54, 1.807) is 0 Å². The number of hydrogen-bond donors (Lipinski definition) is 2. The molecule has 2 unspecified atom stereocenters. The van der Waals surface area contributed by atoms with Crippen LogP contribution in [0.1, 0.15) is 26.7 Å². The summed E-state index contributed by atoms with van der Waals surface area (Å²) in [6, 6.07) is 0.0731. The van der Waals surface area contributed by atoms with E-state index in [1.807, 2.05) is 4.90 Å². The number of amides is 2. The van der Waals surface area contributed by atoms with Gasteiger partial charge in [-0.25, -0.2) is 14.8 Å². The number of piperidine rings is 1. The van der Waals surface area contributed by atoms with Gasteiger partial charge in [-0.05, 0) is 25.7 Å². The van der Waals surface area contributed by atoms with Gasteiger partial charge in [-0.3, -0.25) is 10.9 Å². The molecule has 1 aliphatic heterocycles. The fourth-order valence-corrected chi connectivity index (χ4v) is 2.45. The molecular weight excluding hydrogens is 266 g/mol. The van der Waals surface area contributed by atoms with Gasteiger partial charge in [-0.15, -0.1) is 0 Å². The molecule has 2 atom stereocenters. The lowest BCUT2D eigenvalue weighted by atomic mass is 9.94. The summed E-state index contributed by atoms with van der Waals surface area (Å²) in [5, 5.41) is 0.225. The standard InChI is InChI=1S/C12H18ClN5O/c1-8-3-6-18(9(2)7-8)12(19)17-16-11-10(13)14-4-5-15-11/h4-5,8-9H,3,6-7H2,1-2H3,(H,15,16)(H,17,19). The molecule has 2 heterocycles. The number of hydrogen-bond acceptors (Lipinski definition) is 4. The fraction of sp³-hybridized carbons (Fsp3) is 0.583. The van der Waals surface area contributed by atoms with E-state index >= 15 is 0 Å². The topological polar surface area (TPSA) is 70.2 Å². The van der Waals surface area contributed by atoms with Crippen LogP contribution < -0.4 is 10.9 Å². The van der Waals surface area contributed by atoms with Crippen molar-refractivity contribution in [3.05, 3.63) is 17.5 Å². The van der Waals surface area contributed by atoms with Crippen molar-refractivity contribution in [1.82, 2.24) is 20.3 Å². The largest absolute Gasteiger partial charge is 0.336 e. The predicted octanol–water partition coefficient (Wildman–Crippen LogP) is 2.29. The monoisotopic (exact) mass is 283 g/mol. The second-order valence-corrected chi connectivity index (χ2v) is 5.28. The Morgan fingerprint density at radius 1 is 1.42 bits per heavy atom. The van der Waals surface area contributed by atoms with E-state index in [-0.39, 0.29) is 17.2 Å². The molecule has 0 aromatic carbocycles. The number of rotatable bonds is 2. The Labute approximate surface area is 117 Å². The van der Waals surface area contributed by atoms with Crippen molar-refractivity contribution < 1.29 is 4.79 Å². The summed E-state index contributed by atoms with van der Waals surface area (Å²) in [4.78, 5) is 21.7. The molecular formula is C12H18ClN5O. The summed E-state index contributed by atoms with van der Waals surface area (Å²) in [7, 11) is 0. The molecule has 1 aromatic heterocycles. The molecule has 2 rings (SSSR count). The number of halogens is 1. The van der Waals surface area contributed by atoms with Crippen LogP contribution in [0, 0.1) is 5.92 Å². The highest BCUT2D eigenvalue weighted by molar-refractivity contribution is 6.31. The number of urea groups is 1. The summed E-state index contributed by atoms with van der Waals surface area (Å²) < 4.78 is 0. The number of nitrogens with one attached hydrogen (secondary N) is 2. The Morgan fingerprint density at radius 2 is 2.16 bits per heavy atom. The molecule has 0 radical (unpaired) electrons. The Kier molecular flexibility index (Phi) is 4.42. The lowest BCUT2D eigenvalue weighted by Gasteiger charge is -2.36. The van der Waals surface area contributed by atoms with Crippen LogP contribution in [-0.2, 0) is 0 Å². The first-order chi connectivity index (χ1) is 9.08. The Hall–Kier alpha value is -1.56. The van der Waals surface area contributed by atoms with Gasteiger partial charge in [0, 0.05) is 25.0 Å². The third-order valence-corrected chi connectivity index (χ3v) is 3.62. The molecule has 1 aromatic rings. The molecule has 104 valence electrons. The Balaban J connectivity index is 1.89. The number of aromatic nitrogens is 2. The molecule has 2 N–H and O–H groups in total. The molecule has 0 saturated carbocycles. The van der Waals surface area contributed by atoms with Gasteiger partial charge in [0.15, 0.2) is 11.0 Å². The molecule has 2 amide bonds. The first-order valence-electron chi connectivity index (χ1n) is 6.37. The summed E-state index contributed by atoms with van der Waals surface area (Å²) in [5.74, 6) is 1.01. The molecule has 1 saturated heterocycles. The zero-order valence-electron chi connectivity index (χ0n) is 11.1. The Morgan fingerprint density at radius 3 is 2.84 bits per heavy atom. The summed E-state index contributed by atoms with van der Waals surface area (Å²) in [6.07, 6.45) is 5.05. The maximum Gasteiger partial charge on any atom is 0.336 e. The smallest absolute Gasteiger partial charge is 0.321 e. The quantitative estimate of drug-likeness (QED) is 0.817. The number of hydrazine groups is 1. The molecule has 6 nitrogen and oxygen atoms in total. The van der Waals surface area contributed by atoms with Gasteiger partial charge in [-0.2, -0.15) is 0 Å². The van der Waals surface area contributed by atoms with E-state index in [0.717, 1.165) is 19.4 Å². The molecule has 0 aliphatic carbocycles. The van der Waals surface area contributed by atoms with Crippen LogP contribution in [-0.4, -0.2) is 33.5 Å². The molecule has 0 spiro atoms. The molecule has 1 aliphatic rings. The number of carbonyl (C=O) groups is 1. The van der Waals surface area contributed by atoms with E-state index in [4.69, 9.17) is 11.6 Å². The number of carbonyl (C=O) groups excluding carboxylic acids is 1. The SMILES string of the molecule is CC1CCN(C(=O)NNc2nccnc2Cl)C(C)C1. The molecule has 0 bridgehead atoms. The summed E-state index contributed by atoms with van der Waals surface area (Å²) >= 11 is 5.84. The average molecular weight is 284 g/mol. The van der Waals surface area contributed by atoms with Crippen LogP contribution in [0.2, 0.25) is 5.15 Å². The van der Waals surface area contributed by atoms with Crippen molar-refractivity contribution in [2.75, 3.05) is 12.0 Å². The van der Waals surface area contributed by atoms with Gasteiger partial charge in [-0.1, -0.05) is 18.5 Å². The second-order valence-electron chi connectivity index (χ2n) is 4.92. The molecule has 7 heteroatoms. The van der Waals surface area contributed by atoms with Crippen LogP contribution in [0.4, 0.5) is 10.6 Å². The predicted molar refractivity (Wildman–Crippen MR) is 73.8 cm³/mol. The van der Waals surface area contributed by atoms with E-state index < -0.39 is 0 Å². The minimum atomic E-state index is -0.166. The van der Waals surface area contributed by atoms with Crippen molar-refractivity contribution in [1.29, 1.82) is 0 Å². The fourth-order valence-electron chi connectivity index (χ4n) is 2.30. The number of anilines is 1. The zero-order valence-corrected chi connectivity index (χ0v) is 11.8. The molecule has 1 fully saturated rings. The van der Waals surface area contributed by atoms with Crippen LogP contribution >= 0.6 is 11.6 Å². The highest BCUT2D eigenvalue weighted by Gasteiger charge is 2.26. The van der Waals surface area contributed by atoms with Crippen molar-refractivity contribution in [3.8, 4) is 0 Å². The van der Waals surface area contributed by atoms with E-state index in [9.17, 15) is 4.79 Å². The lowest BCUT2D eigenvalue weighted by Crippen LogP contribution is -2.50. The van der Waals surface area contributed by atoms with Crippen molar-refractivity contribution in [3.63, 3.8) is 0 Å². The average Bonchev–Trinajstić information content (AvgIpc) is 2.37. The maximum absolute atomic E-state index is 12.1. The minimum absolute atomic E-state index is 0.166. The van der Waals surface area contributed by atoms with Crippen LogP contribution in [0.25, 0.3) is 0 Å². The van der Waals surface area contributed by atoms with Gasteiger partial charge in [0.1, 0.15) is 0 Å². The second kappa shape index (κ2) is 6.06. The van der Waals surface area contributed by atoms with Gasteiger partial charge >= 0.3 is 6.03 Å². The third kappa shape index (κ3) is 3.47. The highest BCUT2D eigenvalue weighted by atomic mass is 35.5. The van der Waals surface area contributed by atoms with Crippen molar-refractivity contribution in [2.45, 2.75) is 32.7 Å². The van der Waals surface area contributed by atoms with Crippen molar-refractivity contribution in [2.24, 2.45) is 5.92 Å². The van der Waals surface area contributed by atoms with Crippen molar-refractivity contribution >= 4 is 23.4 Å². The molecule has 19 heavy (non-hydrogen) atoms.